The summed E-state index contributed by atoms with van der Waals surface area (Å²) < 4.78 is 0. The molecule has 1 aliphatic heterocycles. The molecular weight excluding hydrogens is 170 g/mol. The van der Waals surface area contributed by atoms with Crippen LogP contribution in [0.3, 0.4) is 0 Å². The van der Waals surface area contributed by atoms with E-state index in [0.717, 1.165) is 0 Å². The van der Waals surface area contributed by atoms with E-state index in [2.05, 4.69) is 16.0 Å². The van der Waals surface area contributed by atoms with Gasteiger partial charge in [-0.25, -0.2) is 0 Å². The van der Waals surface area contributed by atoms with Crippen LogP contribution in [0.4, 0.5) is 0 Å². The van der Waals surface area contributed by atoms with Crippen molar-refractivity contribution in [3.63, 3.8) is 0 Å². The van der Waals surface area contributed by atoms with E-state index < -0.39 is 0 Å². The maximum absolute atomic E-state index is 11.1. The summed E-state index contributed by atoms with van der Waals surface area (Å²) in [6.45, 7) is 2.39. The Morgan fingerprint density at radius 2 is 2.38 bits per heavy atom. The minimum Gasteiger partial charge on any atom is -0.358 e. The van der Waals surface area contributed by atoms with E-state index in [1.165, 1.54) is 0 Å². The number of hydrogen-bond acceptors (Lipinski definition) is 3. The van der Waals surface area contributed by atoms with Gasteiger partial charge in [0.1, 0.15) is 0 Å². The SMILES string of the molecule is CNC(=O)C(C)NC1CNC(=O)C1. The molecule has 0 radical (unpaired) electrons. The first kappa shape index (κ1) is 9.98. The van der Waals surface area contributed by atoms with Crippen LogP contribution >= 0.6 is 0 Å². The number of nitrogens with one attached hydrogen (secondary N) is 3. The Kier molecular flexibility index (Phi) is 3.25. The van der Waals surface area contributed by atoms with E-state index in [1.54, 1.807) is 14.0 Å². The highest BCUT2D eigenvalue weighted by Crippen LogP contribution is 2.00. The molecular formula is C8H15N3O2. The van der Waals surface area contributed by atoms with Gasteiger partial charge in [-0.15, -0.1) is 0 Å². The Balaban J connectivity index is 2.32. The summed E-state index contributed by atoms with van der Waals surface area (Å²) in [7, 11) is 1.60. The third-order valence-electron chi connectivity index (χ3n) is 2.10. The molecule has 0 aromatic rings. The lowest BCUT2D eigenvalue weighted by molar-refractivity contribution is -0.123. The van der Waals surface area contributed by atoms with Gasteiger partial charge < -0.3 is 16.0 Å². The molecule has 2 unspecified atom stereocenters. The van der Waals surface area contributed by atoms with Crippen molar-refractivity contribution >= 4 is 11.8 Å². The van der Waals surface area contributed by atoms with E-state index in [4.69, 9.17) is 0 Å². The molecule has 0 bridgehead atoms. The summed E-state index contributed by atoms with van der Waals surface area (Å²) in [5, 5.41) is 8.31. The zero-order chi connectivity index (χ0) is 9.84. The van der Waals surface area contributed by atoms with E-state index in [9.17, 15) is 9.59 Å². The summed E-state index contributed by atoms with van der Waals surface area (Å²) >= 11 is 0. The predicted octanol–water partition coefficient (Wildman–Crippen LogP) is -1.40. The fourth-order valence-corrected chi connectivity index (χ4v) is 1.37. The third kappa shape index (κ3) is 2.69. The molecule has 0 saturated carbocycles. The lowest BCUT2D eigenvalue weighted by Crippen LogP contribution is -2.46. The normalized spacial score (nSPS) is 23.8. The van der Waals surface area contributed by atoms with Crippen LogP contribution < -0.4 is 16.0 Å². The van der Waals surface area contributed by atoms with Crippen LogP contribution in [0.2, 0.25) is 0 Å². The highest BCUT2D eigenvalue weighted by Gasteiger charge is 2.24. The van der Waals surface area contributed by atoms with Crippen molar-refractivity contribution in [2.75, 3.05) is 13.6 Å². The Bertz CT molecular complexity index is 217. The Hall–Kier alpha value is -1.10. The molecule has 2 atom stereocenters. The number of hydrogen-bond donors (Lipinski definition) is 3. The van der Waals surface area contributed by atoms with Crippen LogP contribution in [0.5, 0.6) is 0 Å². The van der Waals surface area contributed by atoms with Gasteiger partial charge in [-0.3, -0.25) is 9.59 Å². The molecule has 0 spiro atoms. The van der Waals surface area contributed by atoms with Gasteiger partial charge in [0, 0.05) is 26.1 Å². The molecule has 13 heavy (non-hydrogen) atoms. The number of amides is 2. The lowest BCUT2D eigenvalue weighted by Gasteiger charge is -2.16. The topological polar surface area (TPSA) is 70.2 Å². The third-order valence-corrected chi connectivity index (χ3v) is 2.10. The molecule has 1 heterocycles. The van der Waals surface area contributed by atoms with Gasteiger partial charge in [0.2, 0.25) is 11.8 Å². The summed E-state index contributed by atoms with van der Waals surface area (Å²) in [4.78, 5) is 21.9. The molecule has 2 amide bonds. The molecule has 1 fully saturated rings. The lowest BCUT2D eigenvalue weighted by atomic mass is 10.2. The molecule has 0 aromatic carbocycles. The monoisotopic (exact) mass is 185 g/mol. The minimum atomic E-state index is -0.248. The molecule has 74 valence electrons. The number of likely N-dealkylation sites (N-methyl/N-ethyl adjacent to an activating group) is 1. The first-order valence-electron chi connectivity index (χ1n) is 4.38. The second kappa shape index (κ2) is 4.23. The predicted molar refractivity (Wildman–Crippen MR) is 48.1 cm³/mol. The van der Waals surface area contributed by atoms with Crippen molar-refractivity contribution in [1.82, 2.24) is 16.0 Å². The largest absolute Gasteiger partial charge is 0.358 e. The minimum absolute atomic E-state index is 0.0432. The molecule has 5 nitrogen and oxygen atoms in total. The highest BCUT2D eigenvalue weighted by molar-refractivity contribution is 5.82. The fraction of sp³-hybridized carbons (Fsp3) is 0.750. The van der Waals surface area contributed by atoms with Gasteiger partial charge in [0.15, 0.2) is 0 Å². The molecule has 1 saturated heterocycles. The van der Waals surface area contributed by atoms with Crippen LogP contribution in [0.1, 0.15) is 13.3 Å². The van der Waals surface area contributed by atoms with Gasteiger partial charge in [-0.1, -0.05) is 0 Å². The summed E-state index contributed by atoms with van der Waals surface area (Å²) in [6, 6.07) is -0.164. The number of carbonyl (C=O) groups excluding carboxylic acids is 2. The maximum Gasteiger partial charge on any atom is 0.236 e. The Labute approximate surface area is 77.3 Å². The van der Waals surface area contributed by atoms with Crippen molar-refractivity contribution in [3.05, 3.63) is 0 Å². The van der Waals surface area contributed by atoms with E-state index in [1.807, 2.05) is 0 Å². The van der Waals surface area contributed by atoms with Crippen molar-refractivity contribution in [3.8, 4) is 0 Å². The van der Waals surface area contributed by atoms with Crippen molar-refractivity contribution < 1.29 is 9.59 Å². The maximum atomic E-state index is 11.1. The Morgan fingerprint density at radius 1 is 1.69 bits per heavy atom. The number of rotatable bonds is 3. The van der Waals surface area contributed by atoms with Crippen molar-refractivity contribution in [2.45, 2.75) is 25.4 Å². The van der Waals surface area contributed by atoms with Crippen molar-refractivity contribution in [1.29, 1.82) is 0 Å². The van der Waals surface area contributed by atoms with Gasteiger partial charge in [-0.2, -0.15) is 0 Å². The molecule has 3 N–H and O–H groups in total. The molecule has 1 aliphatic rings. The molecule has 0 aromatic heterocycles. The summed E-state index contributed by atoms with van der Waals surface area (Å²) in [6.07, 6.45) is 0.460. The average molecular weight is 185 g/mol. The quantitative estimate of drug-likeness (QED) is 0.506. The average Bonchev–Trinajstić information content (AvgIpc) is 2.49. The van der Waals surface area contributed by atoms with Gasteiger partial charge in [0.05, 0.1) is 6.04 Å². The van der Waals surface area contributed by atoms with Crippen LogP contribution in [0.25, 0.3) is 0 Å². The smallest absolute Gasteiger partial charge is 0.236 e. The highest BCUT2D eigenvalue weighted by atomic mass is 16.2. The summed E-state index contributed by atoms with van der Waals surface area (Å²) in [5.41, 5.74) is 0. The van der Waals surface area contributed by atoms with Crippen LogP contribution in [-0.2, 0) is 9.59 Å². The number of carbonyl (C=O) groups is 2. The molecule has 5 heteroatoms. The van der Waals surface area contributed by atoms with Crippen LogP contribution in [0, 0.1) is 0 Å². The zero-order valence-electron chi connectivity index (χ0n) is 7.89. The van der Waals surface area contributed by atoms with Gasteiger partial charge >= 0.3 is 0 Å². The first-order chi connectivity index (χ1) is 6.13. The zero-order valence-corrected chi connectivity index (χ0v) is 7.89. The Morgan fingerprint density at radius 3 is 2.85 bits per heavy atom. The van der Waals surface area contributed by atoms with E-state index in [-0.39, 0.29) is 23.9 Å². The van der Waals surface area contributed by atoms with E-state index in [0.29, 0.717) is 13.0 Å². The molecule has 1 rings (SSSR count). The van der Waals surface area contributed by atoms with Crippen LogP contribution in [-0.4, -0.2) is 37.5 Å². The van der Waals surface area contributed by atoms with Crippen LogP contribution in [0.15, 0.2) is 0 Å². The first-order valence-corrected chi connectivity index (χ1v) is 4.38. The second-order valence-corrected chi connectivity index (χ2v) is 3.21. The second-order valence-electron chi connectivity index (χ2n) is 3.21. The molecule has 0 aliphatic carbocycles. The summed E-state index contributed by atoms with van der Waals surface area (Å²) in [5.74, 6) is -0.0130. The van der Waals surface area contributed by atoms with Gasteiger partial charge in [0.25, 0.3) is 0 Å². The van der Waals surface area contributed by atoms with Gasteiger partial charge in [-0.05, 0) is 6.92 Å². The fourth-order valence-electron chi connectivity index (χ4n) is 1.37. The standard InChI is InChI=1S/C8H15N3O2/c1-5(8(13)9-2)11-6-3-7(12)10-4-6/h5-6,11H,3-4H2,1-2H3,(H,9,13)(H,10,12). The van der Waals surface area contributed by atoms with E-state index >= 15 is 0 Å². The van der Waals surface area contributed by atoms with Crippen molar-refractivity contribution in [2.24, 2.45) is 0 Å².